The minimum absolute atomic E-state index is 0.0115. The lowest BCUT2D eigenvalue weighted by molar-refractivity contribution is -0.136. The van der Waals surface area contributed by atoms with Gasteiger partial charge in [-0.1, -0.05) is 0 Å². The van der Waals surface area contributed by atoms with Crippen LogP contribution < -0.4 is 10.6 Å². The molecule has 1 heterocycles. The van der Waals surface area contributed by atoms with E-state index in [1.54, 1.807) is 0 Å². The molecule has 1 atom stereocenters. The summed E-state index contributed by atoms with van der Waals surface area (Å²) in [7, 11) is 0. The van der Waals surface area contributed by atoms with Crippen LogP contribution in [-0.4, -0.2) is 31.1 Å². The van der Waals surface area contributed by atoms with Gasteiger partial charge >= 0.3 is 11.8 Å². The van der Waals surface area contributed by atoms with E-state index in [0.717, 1.165) is 12.8 Å². The molecular formula is C13H15FN2O3. The summed E-state index contributed by atoms with van der Waals surface area (Å²) in [6, 6.07) is 5.20. The average Bonchev–Trinajstić information content (AvgIpc) is 2.91. The van der Waals surface area contributed by atoms with Gasteiger partial charge in [0.05, 0.1) is 6.10 Å². The van der Waals surface area contributed by atoms with E-state index in [1.165, 1.54) is 24.3 Å². The molecule has 0 aromatic heterocycles. The predicted octanol–water partition coefficient (Wildman–Crippen LogP) is 1.06. The first kappa shape index (κ1) is 13.5. The summed E-state index contributed by atoms with van der Waals surface area (Å²) in [4.78, 5) is 23.1. The first-order valence-electron chi connectivity index (χ1n) is 6.11. The molecule has 0 saturated carbocycles. The Morgan fingerprint density at radius 3 is 2.63 bits per heavy atom. The smallest absolute Gasteiger partial charge is 0.313 e. The Bertz CT molecular complexity index is 455. The highest BCUT2D eigenvalue weighted by Gasteiger charge is 2.19. The number of hydrogen-bond acceptors (Lipinski definition) is 3. The van der Waals surface area contributed by atoms with Crippen molar-refractivity contribution in [3.8, 4) is 0 Å². The highest BCUT2D eigenvalue weighted by atomic mass is 19.1. The van der Waals surface area contributed by atoms with Crippen molar-refractivity contribution < 1.29 is 18.7 Å². The van der Waals surface area contributed by atoms with Crippen LogP contribution in [-0.2, 0) is 14.3 Å². The van der Waals surface area contributed by atoms with Crippen molar-refractivity contribution in [2.75, 3.05) is 18.5 Å². The van der Waals surface area contributed by atoms with Gasteiger partial charge in [0.1, 0.15) is 5.82 Å². The molecule has 1 aromatic carbocycles. The van der Waals surface area contributed by atoms with E-state index in [4.69, 9.17) is 4.74 Å². The van der Waals surface area contributed by atoms with Gasteiger partial charge in [-0.15, -0.1) is 0 Å². The minimum Gasteiger partial charge on any atom is -0.376 e. The number of carbonyl (C=O) groups excluding carboxylic acids is 2. The van der Waals surface area contributed by atoms with Gasteiger partial charge in [-0.25, -0.2) is 4.39 Å². The van der Waals surface area contributed by atoms with Crippen LogP contribution in [0.25, 0.3) is 0 Å². The number of halogens is 1. The molecule has 0 aliphatic carbocycles. The van der Waals surface area contributed by atoms with Crippen molar-refractivity contribution in [2.24, 2.45) is 0 Å². The second kappa shape index (κ2) is 6.29. The molecule has 6 heteroatoms. The van der Waals surface area contributed by atoms with Crippen molar-refractivity contribution in [3.63, 3.8) is 0 Å². The summed E-state index contributed by atoms with van der Waals surface area (Å²) in [6.07, 6.45) is 1.85. The monoisotopic (exact) mass is 266 g/mol. The second-order valence-electron chi connectivity index (χ2n) is 4.31. The Morgan fingerprint density at radius 2 is 2.00 bits per heavy atom. The average molecular weight is 266 g/mol. The number of benzene rings is 1. The van der Waals surface area contributed by atoms with Crippen molar-refractivity contribution in [1.29, 1.82) is 0 Å². The molecule has 2 N–H and O–H groups in total. The SMILES string of the molecule is O=C(NC[C@H]1CCCO1)C(=O)Nc1ccc(F)cc1. The number of carbonyl (C=O) groups is 2. The topological polar surface area (TPSA) is 67.4 Å². The molecule has 1 aliphatic heterocycles. The lowest BCUT2D eigenvalue weighted by Gasteiger charge is -2.10. The number of hydrogen-bond donors (Lipinski definition) is 2. The van der Waals surface area contributed by atoms with Crippen molar-refractivity contribution in [1.82, 2.24) is 5.32 Å². The quantitative estimate of drug-likeness (QED) is 0.804. The maximum atomic E-state index is 12.7. The first-order chi connectivity index (χ1) is 9.15. The summed E-state index contributed by atoms with van der Waals surface area (Å²) in [5.41, 5.74) is 0.374. The predicted molar refractivity (Wildman–Crippen MR) is 67.0 cm³/mol. The fourth-order valence-electron chi connectivity index (χ4n) is 1.81. The van der Waals surface area contributed by atoms with Crippen molar-refractivity contribution >= 4 is 17.5 Å². The molecule has 2 rings (SSSR count). The number of nitrogens with one attached hydrogen (secondary N) is 2. The second-order valence-corrected chi connectivity index (χ2v) is 4.31. The van der Waals surface area contributed by atoms with Crippen LogP contribution in [0.1, 0.15) is 12.8 Å². The molecule has 2 amide bonds. The minimum atomic E-state index is -0.774. The van der Waals surface area contributed by atoms with E-state index in [1.807, 2.05) is 0 Å². The van der Waals surface area contributed by atoms with E-state index in [-0.39, 0.29) is 6.10 Å². The van der Waals surface area contributed by atoms with Gasteiger partial charge < -0.3 is 15.4 Å². The molecule has 102 valence electrons. The Morgan fingerprint density at radius 1 is 1.26 bits per heavy atom. The van der Waals surface area contributed by atoms with Crippen molar-refractivity contribution in [2.45, 2.75) is 18.9 Å². The number of amides is 2. The molecule has 1 saturated heterocycles. The Labute approximate surface area is 110 Å². The molecular weight excluding hydrogens is 251 g/mol. The zero-order valence-electron chi connectivity index (χ0n) is 10.3. The largest absolute Gasteiger partial charge is 0.376 e. The molecule has 1 aromatic rings. The van der Waals surface area contributed by atoms with Crippen molar-refractivity contribution in [3.05, 3.63) is 30.1 Å². The van der Waals surface area contributed by atoms with Crippen LogP contribution in [0.3, 0.4) is 0 Å². The zero-order valence-corrected chi connectivity index (χ0v) is 10.3. The normalized spacial score (nSPS) is 18.1. The highest BCUT2D eigenvalue weighted by molar-refractivity contribution is 6.39. The van der Waals surface area contributed by atoms with Gasteiger partial charge in [0.15, 0.2) is 0 Å². The van der Waals surface area contributed by atoms with E-state index >= 15 is 0 Å². The molecule has 1 fully saturated rings. The Hall–Kier alpha value is -1.95. The maximum absolute atomic E-state index is 12.7. The van der Waals surface area contributed by atoms with Crippen LogP contribution >= 0.6 is 0 Å². The van der Waals surface area contributed by atoms with E-state index in [0.29, 0.717) is 18.8 Å². The molecule has 0 spiro atoms. The third-order valence-corrected chi connectivity index (χ3v) is 2.82. The summed E-state index contributed by atoms with van der Waals surface area (Å²) in [5, 5.41) is 4.89. The van der Waals surface area contributed by atoms with Crippen LogP contribution in [0.15, 0.2) is 24.3 Å². The summed E-state index contributed by atoms with van der Waals surface area (Å²) in [6.45, 7) is 1.03. The van der Waals surface area contributed by atoms with Crippen LogP contribution in [0, 0.1) is 5.82 Å². The number of anilines is 1. The van der Waals surface area contributed by atoms with Crippen LogP contribution in [0.5, 0.6) is 0 Å². The number of ether oxygens (including phenoxy) is 1. The summed E-state index contributed by atoms with van der Waals surface area (Å²) in [5.74, 6) is -1.90. The van der Waals surface area contributed by atoms with Gasteiger partial charge in [0.2, 0.25) is 0 Å². The van der Waals surface area contributed by atoms with Crippen LogP contribution in [0.4, 0.5) is 10.1 Å². The van der Waals surface area contributed by atoms with Gasteiger partial charge in [0.25, 0.3) is 0 Å². The maximum Gasteiger partial charge on any atom is 0.313 e. The standard InChI is InChI=1S/C13H15FN2O3/c14-9-3-5-10(6-4-9)16-13(18)12(17)15-8-11-2-1-7-19-11/h3-6,11H,1-2,7-8H2,(H,15,17)(H,16,18)/t11-/m1/s1. The van der Waals surface area contributed by atoms with E-state index in [9.17, 15) is 14.0 Å². The third kappa shape index (κ3) is 4.03. The fraction of sp³-hybridized carbons (Fsp3) is 0.385. The van der Waals surface area contributed by atoms with E-state index < -0.39 is 17.6 Å². The van der Waals surface area contributed by atoms with Crippen LogP contribution in [0.2, 0.25) is 0 Å². The van der Waals surface area contributed by atoms with Gasteiger partial charge in [0, 0.05) is 18.8 Å². The molecule has 0 bridgehead atoms. The van der Waals surface area contributed by atoms with Gasteiger partial charge in [-0.3, -0.25) is 9.59 Å². The fourth-order valence-corrected chi connectivity index (χ4v) is 1.81. The molecule has 0 unspecified atom stereocenters. The lowest BCUT2D eigenvalue weighted by Crippen LogP contribution is -2.39. The molecule has 19 heavy (non-hydrogen) atoms. The molecule has 5 nitrogen and oxygen atoms in total. The van der Waals surface area contributed by atoms with E-state index in [2.05, 4.69) is 10.6 Å². The summed E-state index contributed by atoms with van der Waals surface area (Å²) >= 11 is 0. The highest BCUT2D eigenvalue weighted by Crippen LogP contribution is 2.10. The zero-order chi connectivity index (χ0) is 13.7. The Balaban J connectivity index is 1.78. The lowest BCUT2D eigenvalue weighted by atomic mass is 10.2. The third-order valence-electron chi connectivity index (χ3n) is 2.82. The number of rotatable bonds is 3. The summed E-state index contributed by atoms with van der Waals surface area (Å²) < 4.78 is 18.0. The first-order valence-corrected chi connectivity index (χ1v) is 6.11. The van der Waals surface area contributed by atoms with Gasteiger partial charge in [-0.05, 0) is 37.1 Å². The molecule has 0 radical (unpaired) electrons. The van der Waals surface area contributed by atoms with Gasteiger partial charge in [-0.2, -0.15) is 0 Å². The Kier molecular flexibility index (Phi) is 4.46. The molecule has 1 aliphatic rings.